The molecule has 3 atom stereocenters. The zero-order chi connectivity index (χ0) is 26.0. The highest BCUT2D eigenvalue weighted by Gasteiger charge is 2.55. The Labute approximate surface area is 224 Å². The fourth-order valence-corrected chi connectivity index (χ4v) is 7.67. The second-order valence-electron chi connectivity index (χ2n) is 11.4. The van der Waals surface area contributed by atoms with Crippen molar-refractivity contribution < 1.29 is 10.2 Å². The number of aliphatic hydroxyl groups is 2. The maximum absolute atomic E-state index is 9.81. The highest BCUT2D eigenvalue weighted by molar-refractivity contribution is 6.31. The van der Waals surface area contributed by atoms with Gasteiger partial charge in [-0.05, 0) is 80.4 Å². The van der Waals surface area contributed by atoms with E-state index in [-0.39, 0.29) is 12.0 Å². The molecule has 8 nitrogen and oxygen atoms in total. The molecule has 4 aliphatic rings. The zero-order valence-corrected chi connectivity index (χ0v) is 22.2. The van der Waals surface area contributed by atoms with Crippen LogP contribution in [-0.2, 0) is 6.54 Å². The first-order chi connectivity index (χ1) is 17.9. The lowest BCUT2D eigenvalue weighted by Crippen LogP contribution is -2.60. The van der Waals surface area contributed by atoms with E-state index in [2.05, 4.69) is 38.6 Å². The summed E-state index contributed by atoms with van der Waals surface area (Å²) in [7, 11) is 2.18. The molecule has 4 N–H and O–H groups in total. The van der Waals surface area contributed by atoms with E-state index in [0.717, 1.165) is 24.6 Å². The Bertz CT molecular complexity index is 1120. The van der Waals surface area contributed by atoms with Crippen LogP contribution in [0.5, 0.6) is 0 Å². The molecular formula is C28H37ClN6O2. The molecular weight excluding hydrogens is 488 g/mol. The van der Waals surface area contributed by atoms with Gasteiger partial charge in [0.05, 0.1) is 18.9 Å². The first kappa shape index (κ1) is 26.2. The van der Waals surface area contributed by atoms with E-state index in [1.54, 1.807) is 6.20 Å². The second-order valence-corrected chi connectivity index (χ2v) is 11.8. The summed E-state index contributed by atoms with van der Waals surface area (Å²) >= 11 is 6.28. The van der Waals surface area contributed by atoms with Gasteiger partial charge in [0.1, 0.15) is 17.5 Å². The van der Waals surface area contributed by atoms with Crippen molar-refractivity contribution in [3.63, 3.8) is 0 Å². The number of hydrogen-bond acceptors (Lipinski definition) is 8. The molecule has 0 saturated heterocycles. The van der Waals surface area contributed by atoms with Crippen LogP contribution in [0.4, 0.5) is 11.8 Å². The van der Waals surface area contributed by atoms with Crippen molar-refractivity contribution in [2.45, 2.75) is 57.2 Å². The molecule has 37 heavy (non-hydrogen) atoms. The van der Waals surface area contributed by atoms with Crippen LogP contribution in [0, 0.1) is 34.5 Å². The SMILES string of the molecule is CN(CC[C@H](O)CO)C1C2CC3CC1CC(CNc1nc(NCc4ccccc4Cl)ncc1C#N)(C3)C2. The Morgan fingerprint density at radius 1 is 1.22 bits per heavy atom. The summed E-state index contributed by atoms with van der Waals surface area (Å²) in [5, 5.41) is 36.1. The number of nitrogens with zero attached hydrogens (tertiary/aromatic N) is 4. The van der Waals surface area contributed by atoms with Gasteiger partial charge in [-0.15, -0.1) is 0 Å². The Morgan fingerprint density at radius 2 is 1.97 bits per heavy atom. The number of rotatable bonds is 11. The summed E-state index contributed by atoms with van der Waals surface area (Å²) in [4.78, 5) is 11.4. The molecule has 4 bridgehead atoms. The maximum Gasteiger partial charge on any atom is 0.224 e. The first-order valence-electron chi connectivity index (χ1n) is 13.4. The number of aromatic nitrogens is 2. The minimum Gasteiger partial charge on any atom is -0.394 e. The van der Waals surface area contributed by atoms with Crippen LogP contribution in [-0.4, -0.2) is 64.0 Å². The summed E-state index contributed by atoms with van der Waals surface area (Å²) < 4.78 is 0. The van der Waals surface area contributed by atoms with Crippen molar-refractivity contribution in [3.05, 3.63) is 46.6 Å². The Hall–Kier alpha value is -2.44. The highest BCUT2D eigenvalue weighted by Crippen LogP contribution is 2.61. The lowest BCUT2D eigenvalue weighted by Gasteiger charge is -2.62. The molecule has 4 saturated carbocycles. The van der Waals surface area contributed by atoms with E-state index < -0.39 is 6.10 Å². The smallest absolute Gasteiger partial charge is 0.224 e. The molecule has 9 heteroatoms. The highest BCUT2D eigenvalue weighted by atomic mass is 35.5. The topological polar surface area (TPSA) is 117 Å². The normalized spacial score (nSPS) is 28.8. The van der Waals surface area contributed by atoms with Crippen LogP contribution in [0.25, 0.3) is 0 Å². The van der Waals surface area contributed by atoms with Crippen LogP contribution in [0.1, 0.15) is 49.7 Å². The maximum atomic E-state index is 9.81. The molecule has 0 amide bonds. The van der Waals surface area contributed by atoms with E-state index in [9.17, 15) is 15.5 Å². The van der Waals surface area contributed by atoms with Gasteiger partial charge < -0.3 is 25.7 Å². The molecule has 0 spiro atoms. The van der Waals surface area contributed by atoms with Crippen molar-refractivity contribution >= 4 is 23.4 Å². The number of nitriles is 1. The molecule has 2 aromatic rings. The quantitative estimate of drug-likeness (QED) is 0.349. The fourth-order valence-electron chi connectivity index (χ4n) is 7.47. The average molecular weight is 525 g/mol. The number of nitrogens with one attached hydrogen (secondary N) is 2. The molecule has 4 fully saturated rings. The molecule has 1 aromatic carbocycles. The first-order valence-corrected chi connectivity index (χ1v) is 13.7. The standard InChI is InChI=1S/C28H37ClN6O2/c1-35(7-6-23(37)16-36)25-20-8-18-9-21(25)12-28(10-18,11-20)17-33-26-22(13-30)15-32-27(34-26)31-14-19-4-2-3-5-24(19)29/h2-5,15,18,20-21,23,25,36-37H,6-12,14,16-17H2,1H3,(H2,31,32,33,34)/t18?,20?,21?,23-,25?,28?/m0/s1. The third-order valence-electron chi connectivity index (χ3n) is 8.82. The van der Waals surface area contributed by atoms with Gasteiger partial charge in [-0.2, -0.15) is 10.2 Å². The molecule has 4 aliphatic carbocycles. The summed E-state index contributed by atoms with van der Waals surface area (Å²) in [6.45, 7) is 1.95. The Morgan fingerprint density at radius 3 is 2.68 bits per heavy atom. The largest absolute Gasteiger partial charge is 0.394 e. The van der Waals surface area contributed by atoms with E-state index in [1.165, 1.54) is 32.1 Å². The van der Waals surface area contributed by atoms with E-state index in [1.807, 2.05) is 24.3 Å². The minimum absolute atomic E-state index is 0.173. The summed E-state index contributed by atoms with van der Waals surface area (Å²) in [5.41, 5.74) is 1.64. The number of hydrogen-bond donors (Lipinski definition) is 4. The van der Waals surface area contributed by atoms with Gasteiger partial charge in [-0.3, -0.25) is 0 Å². The monoisotopic (exact) mass is 524 g/mol. The van der Waals surface area contributed by atoms with Crippen LogP contribution >= 0.6 is 11.6 Å². The van der Waals surface area contributed by atoms with Crippen LogP contribution in [0.15, 0.2) is 30.5 Å². The molecule has 2 unspecified atom stereocenters. The van der Waals surface area contributed by atoms with Gasteiger partial charge in [0.2, 0.25) is 5.95 Å². The summed E-state index contributed by atoms with van der Waals surface area (Å²) in [6.07, 6.45) is 7.70. The zero-order valence-electron chi connectivity index (χ0n) is 21.4. The van der Waals surface area contributed by atoms with Crippen LogP contribution in [0.3, 0.4) is 0 Å². The predicted octanol–water partition coefficient (Wildman–Crippen LogP) is 3.90. The summed E-state index contributed by atoms with van der Waals surface area (Å²) in [5.74, 6) is 3.12. The third-order valence-corrected chi connectivity index (χ3v) is 9.19. The molecule has 6 rings (SSSR count). The van der Waals surface area contributed by atoms with Crippen LogP contribution in [0.2, 0.25) is 5.02 Å². The predicted molar refractivity (Wildman–Crippen MR) is 144 cm³/mol. The molecule has 1 heterocycles. The van der Waals surface area contributed by atoms with Crippen molar-refractivity contribution in [3.8, 4) is 6.07 Å². The lowest BCUT2D eigenvalue weighted by molar-refractivity contribution is -0.103. The van der Waals surface area contributed by atoms with Gasteiger partial charge >= 0.3 is 0 Å². The molecule has 0 radical (unpaired) electrons. The lowest BCUT2D eigenvalue weighted by atomic mass is 9.47. The van der Waals surface area contributed by atoms with Gasteiger partial charge in [0.15, 0.2) is 0 Å². The number of anilines is 2. The number of benzene rings is 1. The molecule has 1 aromatic heterocycles. The van der Waals surface area contributed by atoms with Gasteiger partial charge in [-0.1, -0.05) is 29.8 Å². The number of halogens is 1. The van der Waals surface area contributed by atoms with Gasteiger partial charge in [-0.25, -0.2) is 4.98 Å². The van der Waals surface area contributed by atoms with Crippen molar-refractivity contribution in [2.75, 3.05) is 37.4 Å². The fraction of sp³-hybridized carbons (Fsp3) is 0.607. The molecule has 0 aliphatic heterocycles. The van der Waals surface area contributed by atoms with E-state index in [4.69, 9.17) is 11.6 Å². The van der Waals surface area contributed by atoms with Gasteiger partial charge in [0.25, 0.3) is 0 Å². The third kappa shape index (κ3) is 5.70. The number of aliphatic hydroxyl groups excluding tert-OH is 2. The van der Waals surface area contributed by atoms with Gasteiger partial charge in [0, 0.05) is 30.7 Å². The second kappa shape index (κ2) is 11.1. The Kier molecular flexibility index (Phi) is 7.87. The Balaban J connectivity index is 1.24. The minimum atomic E-state index is -0.638. The van der Waals surface area contributed by atoms with Crippen molar-refractivity contribution in [1.29, 1.82) is 5.26 Å². The summed E-state index contributed by atoms with van der Waals surface area (Å²) in [6, 6.07) is 10.4. The average Bonchev–Trinajstić information content (AvgIpc) is 2.89. The molecule has 198 valence electrons. The van der Waals surface area contributed by atoms with E-state index >= 15 is 0 Å². The van der Waals surface area contributed by atoms with Crippen molar-refractivity contribution in [1.82, 2.24) is 14.9 Å². The van der Waals surface area contributed by atoms with Crippen LogP contribution < -0.4 is 10.6 Å². The van der Waals surface area contributed by atoms with Crippen molar-refractivity contribution in [2.24, 2.45) is 23.2 Å². The van der Waals surface area contributed by atoms with E-state index in [0.29, 0.717) is 53.2 Å².